The van der Waals surface area contributed by atoms with Crippen molar-refractivity contribution in [1.82, 2.24) is 18.7 Å². The molecule has 0 aliphatic rings. The Balaban J connectivity index is 1.90. The molecule has 0 saturated carbocycles. The molecule has 4 aromatic rings. The average Bonchev–Trinajstić information content (AvgIpc) is 3.33. The summed E-state index contributed by atoms with van der Waals surface area (Å²) < 4.78 is 10.6. The van der Waals surface area contributed by atoms with Gasteiger partial charge in [0.15, 0.2) is 11.2 Å². The predicted octanol–water partition coefficient (Wildman–Crippen LogP) is 2.45. The van der Waals surface area contributed by atoms with E-state index in [4.69, 9.17) is 4.42 Å². The molecule has 9 heteroatoms. The van der Waals surface area contributed by atoms with E-state index >= 15 is 0 Å². The van der Waals surface area contributed by atoms with Crippen LogP contribution in [-0.2, 0) is 27.2 Å². The smallest absolute Gasteiger partial charge is 0.332 e. The first-order valence-electron chi connectivity index (χ1n) is 8.63. The van der Waals surface area contributed by atoms with E-state index in [1.54, 1.807) is 23.9 Å². The van der Waals surface area contributed by atoms with Crippen LogP contribution in [0, 0.1) is 0 Å². The fourth-order valence-electron chi connectivity index (χ4n) is 3.11. The van der Waals surface area contributed by atoms with Crippen molar-refractivity contribution >= 4 is 33.0 Å². The molecular formula is C19H18BrN5O3. The third-order valence-electron chi connectivity index (χ3n) is 4.64. The number of hydrogen-bond acceptors (Lipinski definition) is 5. The van der Waals surface area contributed by atoms with Crippen LogP contribution in [0.15, 0.2) is 61.1 Å². The van der Waals surface area contributed by atoms with E-state index in [2.05, 4.69) is 26.2 Å². The fraction of sp³-hybridized carbons (Fsp3) is 0.211. The first kappa shape index (κ1) is 18.3. The Hall–Kier alpha value is -3.07. The summed E-state index contributed by atoms with van der Waals surface area (Å²) in [7, 11) is 3.08. The van der Waals surface area contributed by atoms with Crippen LogP contribution >= 0.6 is 15.9 Å². The highest BCUT2D eigenvalue weighted by Gasteiger charge is 2.20. The second-order valence-electron chi connectivity index (χ2n) is 6.42. The summed E-state index contributed by atoms with van der Waals surface area (Å²) in [6.07, 6.45) is 1.60. The minimum atomic E-state index is -0.416. The maximum absolute atomic E-state index is 12.9. The van der Waals surface area contributed by atoms with Gasteiger partial charge in [0.2, 0.25) is 5.95 Å². The van der Waals surface area contributed by atoms with Gasteiger partial charge in [0.25, 0.3) is 5.56 Å². The number of fused-ring (bicyclic) bond motifs is 1. The van der Waals surface area contributed by atoms with E-state index in [1.165, 1.54) is 11.6 Å². The molecule has 0 spiro atoms. The average molecular weight is 444 g/mol. The topological polar surface area (TPSA) is 87.0 Å². The molecule has 1 aromatic carbocycles. The Kier molecular flexibility index (Phi) is 4.68. The summed E-state index contributed by atoms with van der Waals surface area (Å²) >= 11 is 3.55. The molecule has 0 saturated heterocycles. The number of halogens is 1. The maximum Gasteiger partial charge on any atom is 0.332 e. The summed E-state index contributed by atoms with van der Waals surface area (Å²) in [5, 5.41) is 3.22. The molecule has 3 heterocycles. The first-order valence-corrected chi connectivity index (χ1v) is 9.42. The Bertz CT molecular complexity index is 1270. The molecule has 0 fully saturated rings. The van der Waals surface area contributed by atoms with Crippen LogP contribution in [0.4, 0.5) is 5.95 Å². The molecule has 0 radical (unpaired) electrons. The van der Waals surface area contributed by atoms with Crippen molar-refractivity contribution in [3.05, 3.63) is 79.3 Å². The highest BCUT2D eigenvalue weighted by atomic mass is 79.9. The van der Waals surface area contributed by atoms with Gasteiger partial charge in [0, 0.05) is 18.6 Å². The van der Waals surface area contributed by atoms with Crippen LogP contribution in [0.1, 0.15) is 11.3 Å². The number of furan rings is 1. The highest BCUT2D eigenvalue weighted by Crippen LogP contribution is 2.22. The number of aromatic nitrogens is 4. The number of aryl methyl sites for hydroxylation is 1. The number of imidazole rings is 1. The van der Waals surface area contributed by atoms with Gasteiger partial charge in [-0.25, -0.2) is 4.79 Å². The largest absolute Gasteiger partial charge is 0.467 e. The second kappa shape index (κ2) is 7.16. The molecule has 144 valence electrons. The van der Waals surface area contributed by atoms with E-state index in [1.807, 2.05) is 30.3 Å². The molecular weight excluding hydrogens is 426 g/mol. The molecule has 0 unspecified atom stereocenters. The van der Waals surface area contributed by atoms with Gasteiger partial charge in [0.05, 0.1) is 19.4 Å². The summed E-state index contributed by atoms with van der Waals surface area (Å²) in [4.78, 5) is 29.7. The van der Waals surface area contributed by atoms with Crippen molar-refractivity contribution in [1.29, 1.82) is 0 Å². The lowest BCUT2D eigenvalue weighted by Gasteiger charge is -2.11. The lowest BCUT2D eigenvalue weighted by Crippen LogP contribution is -2.37. The zero-order chi connectivity index (χ0) is 19.8. The summed E-state index contributed by atoms with van der Waals surface area (Å²) in [5.74, 6) is 1.22. The van der Waals surface area contributed by atoms with Gasteiger partial charge in [-0.2, -0.15) is 4.98 Å². The molecule has 4 rings (SSSR count). The molecule has 0 bridgehead atoms. The third-order valence-corrected chi connectivity index (χ3v) is 5.41. The van der Waals surface area contributed by atoms with Crippen molar-refractivity contribution in [2.75, 3.05) is 5.32 Å². The number of rotatable bonds is 5. The van der Waals surface area contributed by atoms with E-state index in [0.29, 0.717) is 30.2 Å². The number of benzene rings is 1. The predicted molar refractivity (Wildman–Crippen MR) is 109 cm³/mol. The van der Waals surface area contributed by atoms with Crippen molar-refractivity contribution < 1.29 is 4.42 Å². The lowest BCUT2D eigenvalue weighted by atomic mass is 10.2. The molecule has 1 N–H and O–H groups in total. The van der Waals surface area contributed by atoms with Gasteiger partial charge in [0.1, 0.15) is 5.76 Å². The van der Waals surface area contributed by atoms with Crippen LogP contribution in [0.2, 0.25) is 0 Å². The Morgan fingerprint density at radius 2 is 1.89 bits per heavy atom. The molecule has 0 amide bonds. The van der Waals surface area contributed by atoms with Crippen molar-refractivity contribution in [2.45, 2.75) is 13.1 Å². The van der Waals surface area contributed by atoms with E-state index < -0.39 is 5.69 Å². The minimum Gasteiger partial charge on any atom is -0.467 e. The number of nitrogens with zero attached hydrogens (tertiary/aromatic N) is 4. The first-order chi connectivity index (χ1) is 13.5. The van der Waals surface area contributed by atoms with Crippen molar-refractivity contribution in [3.63, 3.8) is 0 Å². The second-order valence-corrected chi connectivity index (χ2v) is 7.28. The third kappa shape index (κ3) is 3.07. The standard InChI is InChI=1S/C19H18BrN5O3/c1-23-16-15(17(26)24(2)19(23)27)25(11-12-6-3-4-8-14(12)20)18(22-16)21-10-13-7-5-9-28-13/h3-9H,10-11H2,1-2H3,(H,21,22). The van der Waals surface area contributed by atoms with E-state index in [9.17, 15) is 9.59 Å². The van der Waals surface area contributed by atoms with Crippen molar-refractivity contribution in [2.24, 2.45) is 14.1 Å². The van der Waals surface area contributed by atoms with Crippen LogP contribution < -0.4 is 16.6 Å². The van der Waals surface area contributed by atoms with Gasteiger partial charge in [-0.1, -0.05) is 34.1 Å². The summed E-state index contributed by atoms with van der Waals surface area (Å²) in [5.41, 5.74) is 0.882. The van der Waals surface area contributed by atoms with Crippen LogP contribution in [0.25, 0.3) is 11.2 Å². The molecule has 8 nitrogen and oxygen atoms in total. The van der Waals surface area contributed by atoms with Gasteiger partial charge in [-0.3, -0.25) is 18.5 Å². The number of nitrogens with one attached hydrogen (secondary N) is 1. The molecule has 0 aliphatic heterocycles. The quantitative estimate of drug-likeness (QED) is 0.511. The number of hydrogen-bond donors (Lipinski definition) is 1. The minimum absolute atomic E-state index is 0.335. The highest BCUT2D eigenvalue weighted by molar-refractivity contribution is 9.10. The SMILES string of the molecule is Cn1c(=O)c2c(nc(NCc3ccco3)n2Cc2ccccc2Br)n(C)c1=O. The maximum atomic E-state index is 12.9. The van der Waals surface area contributed by atoms with Crippen molar-refractivity contribution in [3.8, 4) is 0 Å². The summed E-state index contributed by atoms with van der Waals surface area (Å²) in [6.45, 7) is 0.812. The molecule has 0 aliphatic carbocycles. The number of anilines is 1. The fourth-order valence-corrected chi connectivity index (χ4v) is 3.52. The summed E-state index contributed by atoms with van der Waals surface area (Å²) in [6, 6.07) is 11.4. The zero-order valence-electron chi connectivity index (χ0n) is 15.3. The monoisotopic (exact) mass is 443 g/mol. The Morgan fingerprint density at radius 1 is 1.11 bits per heavy atom. The Morgan fingerprint density at radius 3 is 2.61 bits per heavy atom. The van der Waals surface area contributed by atoms with Gasteiger partial charge < -0.3 is 9.73 Å². The van der Waals surface area contributed by atoms with Gasteiger partial charge >= 0.3 is 5.69 Å². The lowest BCUT2D eigenvalue weighted by molar-refractivity contribution is 0.517. The Labute approximate surface area is 168 Å². The molecule has 3 aromatic heterocycles. The van der Waals surface area contributed by atoms with Gasteiger partial charge in [-0.15, -0.1) is 0 Å². The van der Waals surface area contributed by atoms with E-state index in [0.717, 1.165) is 20.4 Å². The zero-order valence-corrected chi connectivity index (χ0v) is 16.9. The van der Waals surface area contributed by atoms with Crippen LogP contribution in [0.5, 0.6) is 0 Å². The molecule has 0 atom stereocenters. The van der Waals surface area contributed by atoms with Crippen LogP contribution in [0.3, 0.4) is 0 Å². The van der Waals surface area contributed by atoms with Crippen LogP contribution in [-0.4, -0.2) is 18.7 Å². The molecule has 28 heavy (non-hydrogen) atoms. The normalized spacial score (nSPS) is 11.2. The van der Waals surface area contributed by atoms with E-state index in [-0.39, 0.29) is 5.56 Å². The van der Waals surface area contributed by atoms with Gasteiger partial charge in [-0.05, 0) is 23.8 Å².